The van der Waals surface area contributed by atoms with Crippen molar-refractivity contribution in [3.63, 3.8) is 0 Å². The SMILES string of the molecule is CCCCCCCC/C=C/C/C=C/CCCCC(=O)N(CCCCCCOC(=O)C(C)c1ccc(C(=O)c2ccccc2)cc1)CCCN(CC)CC. The molecule has 0 radical (unpaired) electrons. The van der Waals surface area contributed by atoms with Crippen LogP contribution in [0, 0.1) is 0 Å². The Morgan fingerprint density at radius 1 is 0.623 bits per heavy atom. The summed E-state index contributed by atoms with van der Waals surface area (Å²) in [5, 5.41) is 0. The molecule has 0 aromatic heterocycles. The quantitative estimate of drug-likeness (QED) is 0.0335. The number of esters is 1. The molecule has 0 saturated carbocycles. The van der Waals surface area contributed by atoms with Gasteiger partial charge in [-0.25, -0.2) is 0 Å². The fraction of sp³-hybridized carbons (Fsp3) is 0.596. The Morgan fingerprint density at radius 2 is 1.21 bits per heavy atom. The van der Waals surface area contributed by atoms with E-state index in [-0.39, 0.29) is 17.7 Å². The molecule has 6 nitrogen and oxygen atoms in total. The van der Waals surface area contributed by atoms with Crippen molar-refractivity contribution in [1.29, 1.82) is 0 Å². The molecule has 1 amide bonds. The number of ketones is 1. The molecule has 0 aliphatic heterocycles. The number of ether oxygens (including phenoxy) is 1. The molecular weight excluding hydrogens is 657 g/mol. The first-order valence-corrected chi connectivity index (χ1v) is 21.1. The van der Waals surface area contributed by atoms with Gasteiger partial charge in [0.25, 0.3) is 0 Å². The van der Waals surface area contributed by atoms with Gasteiger partial charge in [-0.3, -0.25) is 14.4 Å². The van der Waals surface area contributed by atoms with Gasteiger partial charge in [0.1, 0.15) is 0 Å². The van der Waals surface area contributed by atoms with Crippen LogP contribution in [-0.4, -0.2) is 66.8 Å². The van der Waals surface area contributed by atoms with Crippen molar-refractivity contribution in [3.8, 4) is 0 Å². The van der Waals surface area contributed by atoms with Crippen molar-refractivity contribution in [1.82, 2.24) is 9.80 Å². The van der Waals surface area contributed by atoms with Gasteiger partial charge in [0, 0.05) is 30.6 Å². The van der Waals surface area contributed by atoms with Crippen LogP contribution in [0.1, 0.15) is 164 Å². The van der Waals surface area contributed by atoms with Crippen LogP contribution in [0.25, 0.3) is 0 Å². The van der Waals surface area contributed by atoms with Crippen molar-refractivity contribution < 1.29 is 19.1 Å². The normalized spacial score (nSPS) is 12.2. The third-order valence-electron chi connectivity index (χ3n) is 10.1. The van der Waals surface area contributed by atoms with E-state index in [1.807, 2.05) is 37.3 Å². The van der Waals surface area contributed by atoms with Crippen LogP contribution in [0.2, 0.25) is 0 Å². The summed E-state index contributed by atoms with van der Waals surface area (Å²) in [6.07, 6.45) is 27.8. The second kappa shape index (κ2) is 29.9. The maximum absolute atomic E-state index is 13.2. The fourth-order valence-corrected chi connectivity index (χ4v) is 6.50. The third-order valence-corrected chi connectivity index (χ3v) is 10.1. The molecule has 0 N–H and O–H groups in total. The van der Waals surface area contributed by atoms with E-state index in [0.717, 1.165) is 96.1 Å². The minimum absolute atomic E-state index is 0.0319. The molecule has 0 heterocycles. The summed E-state index contributed by atoms with van der Waals surface area (Å²) >= 11 is 0. The average Bonchev–Trinajstić information content (AvgIpc) is 3.19. The number of amides is 1. The van der Waals surface area contributed by atoms with Gasteiger partial charge in [-0.15, -0.1) is 0 Å². The first-order valence-electron chi connectivity index (χ1n) is 21.1. The highest BCUT2D eigenvalue weighted by Crippen LogP contribution is 2.20. The number of hydrogen-bond donors (Lipinski definition) is 0. The Kier molecular flexibility index (Phi) is 25.7. The lowest BCUT2D eigenvalue weighted by Gasteiger charge is -2.25. The summed E-state index contributed by atoms with van der Waals surface area (Å²) in [6, 6.07) is 16.4. The van der Waals surface area contributed by atoms with Gasteiger partial charge in [0.15, 0.2) is 5.78 Å². The van der Waals surface area contributed by atoms with Crippen molar-refractivity contribution in [2.24, 2.45) is 0 Å². The lowest BCUT2D eigenvalue weighted by molar-refractivity contribution is -0.145. The van der Waals surface area contributed by atoms with Crippen LogP contribution in [0.15, 0.2) is 78.9 Å². The van der Waals surface area contributed by atoms with Crippen LogP contribution >= 0.6 is 0 Å². The highest BCUT2D eigenvalue weighted by Gasteiger charge is 2.18. The number of carbonyl (C=O) groups excluding carboxylic acids is 3. The topological polar surface area (TPSA) is 66.9 Å². The van der Waals surface area contributed by atoms with Gasteiger partial charge in [0.2, 0.25) is 5.91 Å². The monoisotopic (exact) mass is 729 g/mol. The van der Waals surface area contributed by atoms with Gasteiger partial charge in [-0.05, 0) is 96.3 Å². The summed E-state index contributed by atoms with van der Waals surface area (Å²) in [4.78, 5) is 43.2. The molecule has 0 spiro atoms. The summed E-state index contributed by atoms with van der Waals surface area (Å²) < 4.78 is 5.60. The number of carbonyl (C=O) groups is 3. The molecule has 294 valence electrons. The van der Waals surface area contributed by atoms with E-state index >= 15 is 0 Å². The maximum Gasteiger partial charge on any atom is 0.313 e. The average molecular weight is 729 g/mol. The Morgan fingerprint density at radius 3 is 1.89 bits per heavy atom. The smallest absolute Gasteiger partial charge is 0.313 e. The lowest BCUT2D eigenvalue weighted by atomic mass is 9.97. The first kappa shape index (κ1) is 45.6. The zero-order chi connectivity index (χ0) is 38.4. The van der Waals surface area contributed by atoms with Crippen molar-refractivity contribution in [3.05, 3.63) is 95.6 Å². The Hall–Kier alpha value is -3.51. The van der Waals surface area contributed by atoms with Crippen molar-refractivity contribution >= 4 is 17.7 Å². The van der Waals surface area contributed by atoms with E-state index < -0.39 is 5.92 Å². The molecule has 0 aliphatic carbocycles. The highest BCUT2D eigenvalue weighted by molar-refractivity contribution is 6.09. The predicted octanol–water partition coefficient (Wildman–Crippen LogP) is 11.5. The van der Waals surface area contributed by atoms with Crippen molar-refractivity contribution in [2.45, 2.75) is 143 Å². The molecule has 2 aromatic carbocycles. The molecule has 0 fully saturated rings. The zero-order valence-corrected chi connectivity index (χ0v) is 33.9. The van der Waals surface area contributed by atoms with Crippen molar-refractivity contribution in [2.75, 3.05) is 39.3 Å². The van der Waals surface area contributed by atoms with Gasteiger partial charge < -0.3 is 14.5 Å². The van der Waals surface area contributed by atoms with Crippen LogP contribution in [-0.2, 0) is 14.3 Å². The summed E-state index contributed by atoms with van der Waals surface area (Å²) in [7, 11) is 0. The van der Waals surface area contributed by atoms with E-state index in [1.165, 1.54) is 44.9 Å². The minimum atomic E-state index is -0.399. The van der Waals surface area contributed by atoms with E-state index in [4.69, 9.17) is 4.74 Å². The molecule has 6 heteroatoms. The molecule has 2 aromatic rings. The number of hydrogen-bond acceptors (Lipinski definition) is 5. The van der Waals surface area contributed by atoms with Crippen LogP contribution in [0.4, 0.5) is 0 Å². The first-order chi connectivity index (χ1) is 25.9. The lowest BCUT2D eigenvalue weighted by Crippen LogP contribution is -2.35. The molecule has 1 unspecified atom stereocenters. The van der Waals surface area contributed by atoms with E-state index in [1.54, 1.807) is 24.3 Å². The summed E-state index contributed by atoms with van der Waals surface area (Å²) in [5.74, 6) is -0.394. The predicted molar refractivity (Wildman–Crippen MR) is 223 cm³/mol. The Bertz CT molecular complexity index is 1300. The van der Waals surface area contributed by atoms with Gasteiger partial charge in [-0.1, -0.05) is 138 Å². The van der Waals surface area contributed by atoms with Gasteiger partial charge in [0.05, 0.1) is 12.5 Å². The van der Waals surface area contributed by atoms with Crippen LogP contribution in [0.5, 0.6) is 0 Å². The van der Waals surface area contributed by atoms with Gasteiger partial charge >= 0.3 is 5.97 Å². The van der Waals surface area contributed by atoms with E-state index in [9.17, 15) is 14.4 Å². The molecule has 0 aliphatic rings. The highest BCUT2D eigenvalue weighted by atomic mass is 16.5. The van der Waals surface area contributed by atoms with Gasteiger partial charge in [-0.2, -0.15) is 0 Å². The Balaban J connectivity index is 1.65. The van der Waals surface area contributed by atoms with Crippen LogP contribution in [0.3, 0.4) is 0 Å². The molecule has 2 rings (SSSR count). The molecule has 1 atom stereocenters. The number of unbranched alkanes of at least 4 members (excludes halogenated alkanes) is 11. The second-order valence-electron chi connectivity index (χ2n) is 14.4. The molecule has 0 bridgehead atoms. The molecule has 0 saturated heterocycles. The number of rotatable bonds is 31. The largest absolute Gasteiger partial charge is 0.465 e. The van der Waals surface area contributed by atoms with E-state index in [0.29, 0.717) is 24.2 Å². The fourth-order valence-electron chi connectivity index (χ4n) is 6.50. The maximum atomic E-state index is 13.2. The standard InChI is InChI=1S/C47H72N2O4/c1-5-8-9-10-11-12-13-14-15-16-17-18-19-20-26-32-45(50)49(39-29-37-48(6-2)7-3)38-27-21-22-28-40-53-47(52)41(4)42-33-35-44(36-34-42)46(51)43-30-24-23-25-31-43/h14-15,17-18,23-25,30-31,33-36,41H,5-13,16,19-22,26-29,32,37-40H2,1-4H3/b15-14+,18-17+. The zero-order valence-electron chi connectivity index (χ0n) is 33.9. The minimum Gasteiger partial charge on any atom is -0.465 e. The second-order valence-corrected chi connectivity index (χ2v) is 14.4. The molecular formula is C47H72N2O4. The summed E-state index contributed by atoms with van der Waals surface area (Å²) in [6.45, 7) is 13.6. The molecule has 53 heavy (non-hydrogen) atoms. The van der Waals surface area contributed by atoms with Crippen LogP contribution < -0.4 is 0 Å². The number of nitrogens with zero attached hydrogens (tertiary/aromatic N) is 2. The third kappa shape index (κ3) is 20.5. The summed E-state index contributed by atoms with van der Waals surface area (Å²) in [5.41, 5.74) is 2.09. The number of allylic oxidation sites excluding steroid dienone is 4. The Labute approximate surface area is 323 Å². The van der Waals surface area contributed by atoms with E-state index in [2.05, 4.69) is 54.9 Å². The number of benzene rings is 2.